The fraction of sp³-hybridized carbons (Fsp3) is 0.562. The zero-order valence-corrected chi connectivity index (χ0v) is 14.4. The number of aliphatic hydroxyl groups is 3. The Kier molecular flexibility index (Phi) is 3.93. The number of nitrogens with one attached hydrogen (secondary N) is 1. The molecule has 0 bridgehead atoms. The molecule has 2 aliphatic carbocycles. The second-order valence-electron chi connectivity index (χ2n) is 6.75. The van der Waals surface area contributed by atoms with Crippen LogP contribution in [0.2, 0.25) is 10.0 Å². The van der Waals surface area contributed by atoms with Crippen molar-refractivity contribution in [1.29, 1.82) is 0 Å². The fourth-order valence-corrected chi connectivity index (χ4v) is 3.80. The molecule has 4 rings (SSSR count). The second kappa shape index (κ2) is 5.75. The third-order valence-corrected chi connectivity index (χ3v) is 5.75. The van der Waals surface area contributed by atoms with E-state index in [0.29, 0.717) is 45.9 Å². The summed E-state index contributed by atoms with van der Waals surface area (Å²) in [6.07, 6.45) is 1.85. The highest BCUT2D eigenvalue weighted by Crippen LogP contribution is 2.43. The summed E-state index contributed by atoms with van der Waals surface area (Å²) in [4.78, 5) is 4.55. The predicted octanol–water partition coefficient (Wildman–Crippen LogP) is 2.33. The molecule has 24 heavy (non-hydrogen) atoms. The number of fused-ring (bicyclic) bond motifs is 1. The van der Waals surface area contributed by atoms with Crippen LogP contribution in [0.5, 0.6) is 0 Å². The van der Waals surface area contributed by atoms with Gasteiger partial charge in [0.2, 0.25) is 5.95 Å². The van der Waals surface area contributed by atoms with E-state index >= 15 is 0 Å². The number of hydrogen-bond donors (Lipinski definition) is 4. The van der Waals surface area contributed by atoms with Crippen LogP contribution in [-0.4, -0.2) is 43.6 Å². The molecule has 130 valence electrons. The third-order valence-electron chi connectivity index (χ3n) is 5.03. The maximum absolute atomic E-state index is 11.2. The van der Waals surface area contributed by atoms with Gasteiger partial charge in [-0.3, -0.25) is 4.57 Å². The van der Waals surface area contributed by atoms with Crippen molar-refractivity contribution in [2.45, 2.75) is 43.6 Å². The van der Waals surface area contributed by atoms with Crippen LogP contribution < -0.4 is 5.32 Å². The number of aromatic nitrogens is 2. The molecule has 0 spiro atoms. The average molecular weight is 372 g/mol. The summed E-state index contributed by atoms with van der Waals surface area (Å²) in [6, 6.07) is 3.63. The largest absolute Gasteiger partial charge is 0.396 e. The Hall–Kier alpha value is -1.05. The normalized spacial score (nSPS) is 30.2. The summed E-state index contributed by atoms with van der Waals surface area (Å²) >= 11 is 12.2. The van der Waals surface area contributed by atoms with Crippen LogP contribution in [0.4, 0.5) is 5.95 Å². The SMILES string of the molecule is OCC1CCC(O)(n2c(NC3CC3)nc3cc(Cl)c(Cl)cc32)C1O. The van der Waals surface area contributed by atoms with E-state index in [1.54, 1.807) is 16.7 Å². The summed E-state index contributed by atoms with van der Waals surface area (Å²) < 4.78 is 1.61. The minimum atomic E-state index is -1.55. The summed E-state index contributed by atoms with van der Waals surface area (Å²) in [7, 11) is 0. The Morgan fingerprint density at radius 3 is 2.58 bits per heavy atom. The van der Waals surface area contributed by atoms with E-state index in [9.17, 15) is 15.3 Å². The number of halogens is 2. The molecule has 1 aromatic heterocycles. The first-order valence-electron chi connectivity index (χ1n) is 8.10. The first kappa shape index (κ1) is 16.4. The van der Waals surface area contributed by atoms with Gasteiger partial charge in [-0.25, -0.2) is 4.98 Å². The monoisotopic (exact) mass is 371 g/mol. The smallest absolute Gasteiger partial charge is 0.206 e. The lowest BCUT2D eigenvalue weighted by atomic mass is 10.0. The molecule has 4 N–H and O–H groups in total. The van der Waals surface area contributed by atoms with Gasteiger partial charge in [-0.15, -0.1) is 0 Å². The molecule has 3 atom stereocenters. The van der Waals surface area contributed by atoms with Gasteiger partial charge >= 0.3 is 0 Å². The minimum absolute atomic E-state index is 0.173. The second-order valence-corrected chi connectivity index (χ2v) is 7.56. The van der Waals surface area contributed by atoms with Crippen LogP contribution in [-0.2, 0) is 5.72 Å². The molecule has 2 saturated carbocycles. The molecule has 0 amide bonds. The van der Waals surface area contributed by atoms with E-state index in [1.807, 2.05) is 0 Å². The van der Waals surface area contributed by atoms with Crippen LogP contribution in [0.3, 0.4) is 0 Å². The van der Waals surface area contributed by atoms with Crippen molar-refractivity contribution in [2.75, 3.05) is 11.9 Å². The lowest BCUT2D eigenvalue weighted by Crippen LogP contribution is -2.44. The van der Waals surface area contributed by atoms with E-state index < -0.39 is 11.8 Å². The van der Waals surface area contributed by atoms with Crippen molar-refractivity contribution < 1.29 is 15.3 Å². The van der Waals surface area contributed by atoms with Gasteiger partial charge in [0.1, 0.15) is 6.10 Å². The fourth-order valence-electron chi connectivity index (χ4n) is 3.49. The zero-order chi connectivity index (χ0) is 17.1. The molecule has 1 heterocycles. The van der Waals surface area contributed by atoms with Gasteiger partial charge in [0.05, 0.1) is 21.1 Å². The van der Waals surface area contributed by atoms with Crippen LogP contribution in [0.25, 0.3) is 11.0 Å². The van der Waals surface area contributed by atoms with Crippen molar-refractivity contribution in [2.24, 2.45) is 5.92 Å². The molecular weight excluding hydrogens is 353 g/mol. The Balaban J connectivity index is 1.89. The summed E-state index contributed by atoms with van der Waals surface area (Å²) in [5.74, 6) is 0.120. The van der Waals surface area contributed by atoms with Gasteiger partial charge < -0.3 is 20.6 Å². The Bertz CT molecular complexity index is 792. The first-order valence-corrected chi connectivity index (χ1v) is 8.85. The molecule has 2 fully saturated rings. The number of nitrogens with zero attached hydrogens (tertiary/aromatic N) is 2. The predicted molar refractivity (Wildman–Crippen MR) is 92.4 cm³/mol. The van der Waals surface area contributed by atoms with E-state index in [0.717, 1.165) is 12.8 Å². The maximum Gasteiger partial charge on any atom is 0.206 e. The summed E-state index contributed by atoms with van der Waals surface area (Å²) in [5.41, 5.74) is -0.343. The highest BCUT2D eigenvalue weighted by atomic mass is 35.5. The highest BCUT2D eigenvalue weighted by Gasteiger charge is 2.49. The van der Waals surface area contributed by atoms with Gasteiger partial charge in [0.25, 0.3) is 0 Å². The topological polar surface area (TPSA) is 90.5 Å². The van der Waals surface area contributed by atoms with E-state index in [2.05, 4.69) is 10.3 Å². The number of benzene rings is 1. The standard InChI is InChI=1S/C16H19Cl2N3O3/c17-10-5-12-13(6-11(10)18)21(15(20-12)19-9-1-2-9)16(24)4-3-8(7-22)14(16)23/h5-6,8-9,14,22-24H,1-4,7H2,(H,19,20). The van der Waals surface area contributed by atoms with E-state index in [1.165, 1.54) is 0 Å². The maximum atomic E-state index is 11.2. The quantitative estimate of drug-likeness (QED) is 0.662. The molecule has 8 heteroatoms. The van der Waals surface area contributed by atoms with Gasteiger partial charge in [0.15, 0.2) is 5.72 Å². The third kappa shape index (κ3) is 2.48. The molecular formula is C16H19Cl2N3O3. The average Bonchev–Trinajstić information content (AvgIpc) is 3.22. The molecule has 6 nitrogen and oxygen atoms in total. The van der Waals surface area contributed by atoms with E-state index in [-0.39, 0.29) is 12.5 Å². The number of anilines is 1. The van der Waals surface area contributed by atoms with Gasteiger partial charge in [0, 0.05) is 18.6 Å². The van der Waals surface area contributed by atoms with Crippen LogP contribution in [0.15, 0.2) is 12.1 Å². The zero-order valence-electron chi connectivity index (χ0n) is 12.9. The summed E-state index contributed by atoms with van der Waals surface area (Å²) in [6.45, 7) is -0.173. The molecule has 2 aromatic rings. The molecule has 0 aliphatic heterocycles. The Labute approximate surface area is 149 Å². The molecule has 0 radical (unpaired) electrons. The van der Waals surface area contributed by atoms with E-state index in [4.69, 9.17) is 23.2 Å². The van der Waals surface area contributed by atoms with Gasteiger partial charge in [-0.1, -0.05) is 23.2 Å². The van der Waals surface area contributed by atoms with Crippen LogP contribution >= 0.6 is 23.2 Å². The molecule has 0 saturated heterocycles. The highest BCUT2D eigenvalue weighted by molar-refractivity contribution is 6.42. The first-order chi connectivity index (χ1) is 11.4. The number of hydrogen-bond acceptors (Lipinski definition) is 5. The Morgan fingerprint density at radius 1 is 1.25 bits per heavy atom. The number of rotatable bonds is 4. The van der Waals surface area contributed by atoms with Crippen LogP contribution in [0.1, 0.15) is 25.7 Å². The Morgan fingerprint density at radius 2 is 1.96 bits per heavy atom. The molecule has 2 aliphatic rings. The number of imidazole rings is 1. The lowest BCUT2D eigenvalue weighted by molar-refractivity contribution is -0.125. The van der Waals surface area contributed by atoms with Crippen molar-refractivity contribution in [3.8, 4) is 0 Å². The molecule has 3 unspecified atom stereocenters. The molecule has 1 aromatic carbocycles. The lowest BCUT2D eigenvalue weighted by Gasteiger charge is -2.32. The van der Waals surface area contributed by atoms with Gasteiger partial charge in [-0.2, -0.15) is 0 Å². The van der Waals surface area contributed by atoms with Crippen molar-refractivity contribution in [3.05, 3.63) is 22.2 Å². The van der Waals surface area contributed by atoms with Gasteiger partial charge in [-0.05, 0) is 37.8 Å². The van der Waals surface area contributed by atoms with Crippen molar-refractivity contribution in [3.63, 3.8) is 0 Å². The number of aliphatic hydroxyl groups excluding tert-OH is 2. The summed E-state index contributed by atoms with van der Waals surface area (Å²) in [5, 5.41) is 35.3. The minimum Gasteiger partial charge on any atom is -0.396 e. The van der Waals surface area contributed by atoms with Crippen molar-refractivity contribution >= 4 is 40.2 Å². The van der Waals surface area contributed by atoms with Crippen molar-refractivity contribution in [1.82, 2.24) is 9.55 Å². The van der Waals surface area contributed by atoms with Crippen LogP contribution in [0, 0.1) is 5.92 Å².